The highest BCUT2D eigenvalue weighted by Gasteiger charge is 2.39. The van der Waals surface area contributed by atoms with Crippen LogP contribution in [0.15, 0.2) is 133 Å². The lowest BCUT2D eigenvalue weighted by Gasteiger charge is -2.36. The van der Waals surface area contributed by atoms with E-state index in [0.29, 0.717) is 35.8 Å². The van der Waals surface area contributed by atoms with Gasteiger partial charge in [0.15, 0.2) is 0 Å². The second-order valence-corrected chi connectivity index (χ2v) is 14.4. The second kappa shape index (κ2) is 17.3. The van der Waals surface area contributed by atoms with Crippen molar-refractivity contribution in [3.05, 3.63) is 183 Å². The van der Waals surface area contributed by atoms with Gasteiger partial charge in [-0.05, 0) is 77.3 Å². The average molecular weight is 746 g/mol. The number of rotatable bonds is 15. The number of phenolic OH excluding ortho intramolecular Hbond substituents is 1. The van der Waals surface area contributed by atoms with E-state index in [2.05, 4.69) is 60.1 Å². The van der Waals surface area contributed by atoms with Crippen LogP contribution in [-0.2, 0) is 36.3 Å². The molecule has 0 bridgehead atoms. The fraction of sp³-hybridized carbons (Fsp3) is 0.239. The van der Waals surface area contributed by atoms with Crippen molar-refractivity contribution in [3.63, 3.8) is 0 Å². The summed E-state index contributed by atoms with van der Waals surface area (Å²) in [4.78, 5) is 14.2. The van der Waals surface area contributed by atoms with Crippen LogP contribution in [0.4, 0.5) is 0 Å². The molecule has 1 aromatic heterocycles. The molecule has 0 saturated heterocycles. The largest absolute Gasteiger partial charge is 0.506 e. The van der Waals surface area contributed by atoms with Crippen molar-refractivity contribution in [1.29, 1.82) is 0 Å². The topological polar surface area (TPSA) is 63.5 Å². The third kappa shape index (κ3) is 8.23. The van der Waals surface area contributed by atoms with Gasteiger partial charge in [-0.1, -0.05) is 159 Å². The number of nitrogens with zero attached hydrogens (tertiary/aromatic N) is 1. The van der Waals surface area contributed by atoms with Gasteiger partial charge in [0.25, 0.3) is 5.91 Å². The van der Waals surface area contributed by atoms with E-state index in [-0.39, 0.29) is 23.4 Å². The summed E-state index contributed by atoms with van der Waals surface area (Å²) < 4.78 is 9.70. The maximum Gasteiger partial charge on any atom is 0.253 e. The second-order valence-electron chi connectivity index (χ2n) is 13.6. The van der Waals surface area contributed by atoms with Crippen LogP contribution in [0.1, 0.15) is 70.7 Å². The van der Waals surface area contributed by atoms with Gasteiger partial charge in [-0.3, -0.25) is 4.79 Å². The van der Waals surface area contributed by atoms with Gasteiger partial charge in [0, 0.05) is 29.0 Å². The van der Waals surface area contributed by atoms with E-state index in [1.54, 1.807) is 19.2 Å². The van der Waals surface area contributed by atoms with Gasteiger partial charge in [0.1, 0.15) is 18.1 Å². The monoisotopic (exact) mass is 744 g/mol. The van der Waals surface area contributed by atoms with Crippen LogP contribution in [0.2, 0.25) is 10.0 Å². The van der Waals surface area contributed by atoms with Gasteiger partial charge in [-0.15, -0.1) is 0 Å². The Labute approximate surface area is 323 Å². The Bertz CT molecular complexity index is 2020. The molecule has 0 spiro atoms. The predicted octanol–water partition coefficient (Wildman–Crippen LogP) is 11.3. The minimum absolute atomic E-state index is 0.0121. The number of hydrogen-bond donors (Lipinski definition) is 2. The van der Waals surface area contributed by atoms with Crippen molar-refractivity contribution < 1.29 is 14.6 Å². The molecule has 0 aliphatic rings. The number of carbonyl (C=O) groups excluding carboxylic acids is 1. The highest BCUT2D eigenvalue weighted by Crippen LogP contribution is 2.43. The Hall–Kier alpha value is -4.81. The maximum atomic E-state index is 14.2. The number of nitrogens with one attached hydrogen (secondary N) is 1. The summed E-state index contributed by atoms with van der Waals surface area (Å²) in [6, 6.07) is 44.0. The van der Waals surface area contributed by atoms with Crippen molar-refractivity contribution in [1.82, 2.24) is 9.88 Å². The number of phenols is 1. The first kappa shape index (κ1) is 37.9. The zero-order valence-electron chi connectivity index (χ0n) is 30.5. The summed E-state index contributed by atoms with van der Waals surface area (Å²) >= 11 is 12.8. The van der Waals surface area contributed by atoms with Crippen LogP contribution >= 0.6 is 23.2 Å². The molecule has 1 atom stereocenters. The van der Waals surface area contributed by atoms with Gasteiger partial charge < -0.3 is 19.7 Å². The Morgan fingerprint density at radius 3 is 1.87 bits per heavy atom. The van der Waals surface area contributed by atoms with Gasteiger partial charge in [-0.2, -0.15) is 0 Å². The van der Waals surface area contributed by atoms with Crippen molar-refractivity contribution >= 4 is 29.1 Å². The Morgan fingerprint density at radius 2 is 1.36 bits per heavy atom. The number of hydrogen-bond acceptors (Lipinski definition) is 3. The van der Waals surface area contributed by atoms with E-state index in [4.69, 9.17) is 27.9 Å². The average Bonchev–Trinajstić information content (AvgIpc) is 3.49. The maximum absolute atomic E-state index is 14.2. The molecule has 2 N–H and O–H groups in total. The molecule has 0 radical (unpaired) electrons. The number of benzene rings is 5. The molecular weight excluding hydrogens is 699 g/mol. The summed E-state index contributed by atoms with van der Waals surface area (Å²) in [5, 5.41) is 14.3. The van der Waals surface area contributed by atoms with E-state index >= 15 is 0 Å². The SMILES string of the molecule is CCCC(C)Cc1c(-c2ccc(O)c(Cl)c2)c(C(=O)NC)c(CCc2ccc(Cl)cc2)n1COC(c1ccccc1)(c1ccccc1)c1ccccc1. The molecule has 1 heterocycles. The third-order valence-corrected chi connectivity index (χ3v) is 10.6. The van der Waals surface area contributed by atoms with E-state index < -0.39 is 5.60 Å². The molecule has 0 aliphatic carbocycles. The van der Waals surface area contributed by atoms with Crippen molar-refractivity contribution in [2.75, 3.05) is 7.05 Å². The highest BCUT2D eigenvalue weighted by molar-refractivity contribution is 6.32. The molecular formula is C46H46Cl2N2O3. The van der Waals surface area contributed by atoms with Gasteiger partial charge in [-0.25, -0.2) is 0 Å². The van der Waals surface area contributed by atoms with E-state index in [1.807, 2.05) is 84.9 Å². The molecule has 53 heavy (non-hydrogen) atoms. The number of aromatic nitrogens is 1. The van der Waals surface area contributed by atoms with Crippen LogP contribution < -0.4 is 5.32 Å². The Kier molecular flexibility index (Phi) is 12.4. The molecule has 0 aliphatic heterocycles. The first-order valence-electron chi connectivity index (χ1n) is 18.3. The molecule has 0 saturated carbocycles. The predicted molar refractivity (Wildman–Crippen MR) is 217 cm³/mol. The van der Waals surface area contributed by atoms with E-state index in [0.717, 1.165) is 57.6 Å². The fourth-order valence-electron chi connectivity index (χ4n) is 7.46. The van der Waals surface area contributed by atoms with Gasteiger partial charge >= 0.3 is 0 Å². The molecule has 5 aromatic carbocycles. The number of halogens is 2. The summed E-state index contributed by atoms with van der Waals surface area (Å²) in [5.74, 6) is 0.101. The zero-order chi connectivity index (χ0) is 37.4. The van der Waals surface area contributed by atoms with Gasteiger partial charge in [0.2, 0.25) is 0 Å². The number of aromatic hydroxyl groups is 1. The summed E-state index contributed by atoms with van der Waals surface area (Å²) in [6.07, 6.45) is 3.98. The van der Waals surface area contributed by atoms with Crippen molar-refractivity contribution in [2.24, 2.45) is 5.92 Å². The number of ether oxygens (including phenoxy) is 1. The molecule has 7 heteroatoms. The van der Waals surface area contributed by atoms with Crippen LogP contribution in [0.3, 0.4) is 0 Å². The lowest BCUT2D eigenvalue weighted by Crippen LogP contribution is -2.34. The highest BCUT2D eigenvalue weighted by atomic mass is 35.5. The van der Waals surface area contributed by atoms with Crippen LogP contribution in [0, 0.1) is 5.92 Å². The zero-order valence-corrected chi connectivity index (χ0v) is 32.0. The Balaban J connectivity index is 1.62. The summed E-state index contributed by atoms with van der Waals surface area (Å²) in [6.45, 7) is 4.60. The van der Waals surface area contributed by atoms with Crippen molar-refractivity contribution in [3.8, 4) is 16.9 Å². The van der Waals surface area contributed by atoms with Crippen LogP contribution in [-0.4, -0.2) is 22.6 Å². The molecule has 272 valence electrons. The normalized spacial score (nSPS) is 12.1. The summed E-state index contributed by atoms with van der Waals surface area (Å²) in [7, 11) is 1.66. The quantitative estimate of drug-likeness (QED) is 0.103. The number of aryl methyl sites for hydroxylation is 1. The van der Waals surface area contributed by atoms with Gasteiger partial charge in [0.05, 0.1) is 10.6 Å². The standard InChI is InChI=1S/C46H46Cl2N2O3/c1-4-14-32(2)29-41-43(34-24-28-42(51)39(48)30-34)44(45(52)49-3)40(27-23-33-21-25-38(47)26-22-33)50(41)31-53-46(35-15-8-5-9-16-35,36-17-10-6-11-18-36)37-19-12-7-13-20-37/h5-13,15-22,24-26,28,30,32,51H,4,14,23,27,29,31H2,1-3H3,(H,49,52). The third-order valence-electron chi connectivity index (χ3n) is 10.0. The smallest absolute Gasteiger partial charge is 0.253 e. The van der Waals surface area contributed by atoms with Crippen molar-refractivity contribution in [2.45, 2.75) is 58.3 Å². The molecule has 6 rings (SSSR count). The lowest BCUT2D eigenvalue weighted by atomic mass is 9.80. The molecule has 1 unspecified atom stereocenters. The van der Waals surface area contributed by atoms with Crippen LogP contribution in [0.5, 0.6) is 5.75 Å². The fourth-order valence-corrected chi connectivity index (χ4v) is 7.77. The first-order valence-corrected chi connectivity index (χ1v) is 19.0. The molecule has 6 aromatic rings. The van der Waals surface area contributed by atoms with E-state index in [9.17, 15) is 9.90 Å². The minimum atomic E-state index is -0.983. The van der Waals surface area contributed by atoms with E-state index in [1.165, 1.54) is 0 Å². The molecule has 1 amide bonds. The number of carbonyl (C=O) groups is 1. The summed E-state index contributed by atoms with van der Waals surface area (Å²) in [5.41, 5.74) is 7.08. The minimum Gasteiger partial charge on any atom is -0.506 e. The van der Waals surface area contributed by atoms with Crippen LogP contribution in [0.25, 0.3) is 11.1 Å². The molecule has 0 fully saturated rings. The number of amides is 1. The first-order chi connectivity index (χ1) is 25.8. The lowest BCUT2D eigenvalue weighted by molar-refractivity contribution is -0.0321. The Morgan fingerprint density at radius 1 is 0.792 bits per heavy atom. The molecule has 5 nitrogen and oxygen atoms in total.